The molecule has 3 heterocycles. The maximum absolute atomic E-state index is 13.8. The molecule has 2 aromatic heterocycles. The molecule has 2 N–H and O–H groups in total. The van der Waals surface area contributed by atoms with E-state index < -0.39 is 0 Å². The maximum atomic E-state index is 13.8. The van der Waals surface area contributed by atoms with Crippen molar-refractivity contribution in [3.8, 4) is 10.4 Å². The van der Waals surface area contributed by atoms with E-state index in [9.17, 15) is 14.4 Å². The van der Waals surface area contributed by atoms with Crippen LogP contribution in [0.15, 0.2) is 78.9 Å². The summed E-state index contributed by atoms with van der Waals surface area (Å²) >= 11 is 1.49. The molecule has 9 heteroatoms. The number of thiophene rings is 1. The molecule has 8 nitrogen and oxygen atoms in total. The summed E-state index contributed by atoms with van der Waals surface area (Å²) in [6.07, 6.45) is 2.74. The van der Waals surface area contributed by atoms with Crippen molar-refractivity contribution in [1.82, 2.24) is 15.1 Å². The summed E-state index contributed by atoms with van der Waals surface area (Å²) in [6, 6.07) is 24.7. The van der Waals surface area contributed by atoms with Crippen molar-refractivity contribution in [3.05, 3.63) is 101 Å². The van der Waals surface area contributed by atoms with Gasteiger partial charge in [-0.25, -0.2) is 0 Å². The minimum absolute atomic E-state index is 0.0144. The second kappa shape index (κ2) is 10.0. The lowest BCUT2D eigenvalue weighted by atomic mass is 10.1. The molecule has 204 valence electrons. The second-order valence-electron chi connectivity index (χ2n) is 10.5. The van der Waals surface area contributed by atoms with Crippen LogP contribution in [0.1, 0.15) is 48.9 Å². The molecule has 1 fully saturated rings. The standard InChI is InChI=1S/C32H27N5O3S/c1-36-25-8-4-2-6-23(25)28(35-36)31(39)34-21-12-10-19(11-13-21)32(40)37-17-16-20-18-27(30(38)33-22-14-15-22)41-29(20)24-7-3-5-9-26(24)37/h2-13,18,22H,14-17H2,1H3,(H,33,38)(H,34,39). The SMILES string of the molecule is Cn1nc(C(=O)Nc2ccc(C(=O)N3CCc4cc(C(=O)NC5CC5)sc4-c4ccccc43)cc2)c2ccccc21. The third kappa shape index (κ3) is 4.68. The van der Waals surface area contributed by atoms with E-state index in [1.165, 1.54) is 11.3 Å². The van der Waals surface area contributed by atoms with Gasteiger partial charge in [-0.15, -0.1) is 11.3 Å². The summed E-state index contributed by atoms with van der Waals surface area (Å²) < 4.78 is 1.69. The van der Waals surface area contributed by atoms with Gasteiger partial charge >= 0.3 is 0 Å². The molecule has 1 aliphatic heterocycles. The van der Waals surface area contributed by atoms with Crippen LogP contribution in [0.25, 0.3) is 21.3 Å². The number of para-hydroxylation sites is 2. The molecule has 3 aromatic carbocycles. The Morgan fingerprint density at radius 1 is 0.927 bits per heavy atom. The number of hydrogen-bond donors (Lipinski definition) is 2. The number of nitrogens with one attached hydrogen (secondary N) is 2. The van der Waals surface area contributed by atoms with Crippen molar-refractivity contribution in [2.75, 3.05) is 16.8 Å². The quantitative estimate of drug-likeness (QED) is 0.290. The number of carbonyl (C=O) groups excluding carboxylic acids is 3. The van der Waals surface area contributed by atoms with E-state index in [-0.39, 0.29) is 17.7 Å². The Bertz CT molecular complexity index is 1830. The monoisotopic (exact) mass is 561 g/mol. The van der Waals surface area contributed by atoms with Gasteiger partial charge < -0.3 is 15.5 Å². The molecule has 5 aromatic rings. The first-order chi connectivity index (χ1) is 20.0. The van der Waals surface area contributed by atoms with Crippen LogP contribution in [0.3, 0.4) is 0 Å². The Kier molecular flexibility index (Phi) is 6.16. The fourth-order valence-corrected chi connectivity index (χ4v) is 6.47. The fourth-order valence-electron chi connectivity index (χ4n) is 5.33. The first-order valence-electron chi connectivity index (χ1n) is 13.6. The number of rotatable bonds is 5. The highest BCUT2D eigenvalue weighted by atomic mass is 32.1. The highest BCUT2D eigenvalue weighted by Gasteiger charge is 2.29. The maximum Gasteiger partial charge on any atom is 0.276 e. The van der Waals surface area contributed by atoms with Crippen LogP contribution in [-0.2, 0) is 13.5 Å². The third-order valence-electron chi connectivity index (χ3n) is 7.60. The molecule has 7 rings (SSSR count). The average Bonchev–Trinajstić information content (AvgIpc) is 3.64. The van der Waals surface area contributed by atoms with Gasteiger partial charge in [0.25, 0.3) is 17.7 Å². The molecule has 1 aliphatic carbocycles. The van der Waals surface area contributed by atoms with Crippen molar-refractivity contribution >= 4 is 51.3 Å². The zero-order valence-corrected chi connectivity index (χ0v) is 23.2. The summed E-state index contributed by atoms with van der Waals surface area (Å²) in [6.45, 7) is 0.495. The van der Waals surface area contributed by atoms with Gasteiger partial charge in [0.1, 0.15) is 0 Å². The lowest BCUT2D eigenvalue weighted by Crippen LogP contribution is -2.32. The number of anilines is 2. The van der Waals surface area contributed by atoms with E-state index in [2.05, 4.69) is 15.7 Å². The van der Waals surface area contributed by atoms with Crippen LogP contribution in [-0.4, -0.2) is 40.1 Å². The second-order valence-corrected chi connectivity index (χ2v) is 11.5. The predicted molar refractivity (Wildman–Crippen MR) is 161 cm³/mol. The molecule has 1 saturated carbocycles. The molecule has 3 amide bonds. The summed E-state index contributed by atoms with van der Waals surface area (Å²) in [5, 5.41) is 11.1. The van der Waals surface area contributed by atoms with Gasteiger partial charge in [0.2, 0.25) is 0 Å². The van der Waals surface area contributed by atoms with Crippen molar-refractivity contribution in [2.45, 2.75) is 25.3 Å². The Morgan fingerprint density at radius 3 is 2.49 bits per heavy atom. The van der Waals surface area contributed by atoms with Gasteiger partial charge in [0.05, 0.1) is 16.1 Å². The molecule has 41 heavy (non-hydrogen) atoms. The summed E-state index contributed by atoms with van der Waals surface area (Å²) in [5.41, 5.74) is 5.20. The molecular weight excluding hydrogens is 534 g/mol. The number of fused-ring (bicyclic) bond motifs is 4. The summed E-state index contributed by atoms with van der Waals surface area (Å²) in [7, 11) is 1.81. The summed E-state index contributed by atoms with van der Waals surface area (Å²) in [4.78, 5) is 43.0. The first-order valence-corrected chi connectivity index (χ1v) is 14.5. The zero-order chi connectivity index (χ0) is 28.1. The van der Waals surface area contributed by atoms with E-state index in [4.69, 9.17) is 0 Å². The smallest absolute Gasteiger partial charge is 0.276 e. The van der Waals surface area contributed by atoms with Crippen molar-refractivity contribution in [3.63, 3.8) is 0 Å². The van der Waals surface area contributed by atoms with Gasteiger partial charge in [-0.3, -0.25) is 19.1 Å². The van der Waals surface area contributed by atoms with Gasteiger partial charge in [0, 0.05) is 46.7 Å². The number of benzene rings is 3. The van der Waals surface area contributed by atoms with E-state index >= 15 is 0 Å². The van der Waals surface area contributed by atoms with E-state index in [0.717, 1.165) is 45.4 Å². The molecule has 2 aliphatic rings. The number of hydrogen-bond acceptors (Lipinski definition) is 5. The summed E-state index contributed by atoms with van der Waals surface area (Å²) in [5.74, 6) is -0.439. The van der Waals surface area contributed by atoms with Gasteiger partial charge in [-0.1, -0.05) is 36.4 Å². The van der Waals surface area contributed by atoms with Crippen molar-refractivity contribution in [1.29, 1.82) is 0 Å². The molecule has 0 bridgehead atoms. The largest absolute Gasteiger partial charge is 0.349 e. The lowest BCUT2D eigenvalue weighted by molar-refractivity contribution is 0.0952. The Balaban J connectivity index is 1.11. The van der Waals surface area contributed by atoms with E-state index in [0.29, 0.717) is 40.8 Å². The minimum Gasteiger partial charge on any atom is -0.349 e. The fraction of sp³-hybridized carbons (Fsp3) is 0.188. The van der Waals surface area contributed by atoms with E-state index in [1.807, 2.05) is 61.6 Å². The molecule has 0 spiro atoms. The van der Waals surface area contributed by atoms with Crippen molar-refractivity contribution in [2.24, 2.45) is 7.05 Å². The van der Waals surface area contributed by atoms with Crippen LogP contribution in [0.4, 0.5) is 11.4 Å². The van der Waals surface area contributed by atoms with Crippen LogP contribution < -0.4 is 15.5 Å². The number of nitrogens with zero attached hydrogens (tertiary/aromatic N) is 3. The average molecular weight is 562 g/mol. The highest BCUT2D eigenvalue weighted by Crippen LogP contribution is 2.42. The van der Waals surface area contributed by atoms with Gasteiger partial charge in [-0.2, -0.15) is 5.10 Å². The number of aromatic nitrogens is 2. The number of carbonyl (C=O) groups is 3. The molecule has 0 radical (unpaired) electrons. The number of amides is 3. The number of aryl methyl sites for hydroxylation is 1. The van der Waals surface area contributed by atoms with E-state index in [1.54, 1.807) is 33.8 Å². The van der Waals surface area contributed by atoms with Crippen LogP contribution in [0.5, 0.6) is 0 Å². The normalized spacial score (nSPS) is 14.2. The minimum atomic E-state index is -0.307. The first kappa shape index (κ1) is 25.2. The molecular formula is C32H27N5O3S. The van der Waals surface area contributed by atoms with Crippen LogP contribution in [0, 0.1) is 0 Å². The third-order valence-corrected chi connectivity index (χ3v) is 8.81. The van der Waals surface area contributed by atoms with Gasteiger partial charge in [0.15, 0.2) is 5.69 Å². The molecule has 0 atom stereocenters. The topological polar surface area (TPSA) is 96.3 Å². The molecule has 0 unspecified atom stereocenters. The predicted octanol–water partition coefficient (Wildman–Crippen LogP) is 5.65. The van der Waals surface area contributed by atoms with Gasteiger partial charge in [-0.05, 0) is 67.3 Å². The Hall–Kier alpha value is -4.76. The van der Waals surface area contributed by atoms with Crippen LogP contribution >= 0.6 is 11.3 Å². The lowest BCUT2D eigenvalue weighted by Gasteiger charge is -2.23. The highest BCUT2D eigenvalue weighted by molar-refractivity contribution is 7.17. The van der Waals surface area contributed by atoms with Crippen molar-refractivity contribution < 1.29 is 14.4 Å². The Labute approximate surface area is 240 Å². The Morgan fingerprint density at radius 2 is 1.68 bits per heavy atom. The zero-order valence-electron chi connectivity index (χ0n) is 22.4. The van der Waals surface area contributed by atoms with Crippen LogP contribution in [0.2, 0.25) is 0 Å². The molecule has 0 saturated heterocycles.